The van der Waals surface area contributed by atoms with Crippen LogP contribution in [0.2, 0.25) is 0 Å². The van der Waals surface area contributed by atoms with Crippen LogP contribution in [0.25, 0.3) is 0 Å². The van der Waals surface area contributed by atoms with E-state index >= 15 is 0 Å². The molecule has 0 aromatic carbocycles. The fraction of sp³-hybridized carbons (Fsp3) is 0.545. The van der Waals surface area contributed by atoms with Gasteiger partial charge in [0.05, 0.1) is 24.6 Å². The lowest BCUT2D eigenvalue weighted by Crippen LogP contribution is -2.44. The summed E-state index contributed by atoms with van der Waals surface area (Å²) in [6.45, 7) is -0.544. The molecule has 2 N–H and O–H groups in total. The fourth-order valence-electron chi connectivity index (χ4n) is 2.18. The van der Waals surface area contributed by atoms with Gasteiger partial charge in [0.15, 0.2) is 15.0 Å². The number of nitrogens with one attached hydrogen (secondary N) is 1. The van der Waals surface area contributed by atoms with Crippen molar-refractivity contribution in [3.05, 3.63) is 11.6 Å². The van der Waals surface area contributed by atoms with Crippen LogP contribution >= 0.6 is 11.3 Å². The predicted molar refractivity (Wildman–Crippen MR) is 77.0 cm³/mol. The Kier molecular flexibility index (Phi) is 4.91. The SMILES string of the molecule is O=C(O)CN(CC(=O)Nc1nccs1)C1CCS(=O)(=O)C1. The van der Waals surface area contributed by atoms with Gasteiger partial charge in [0.2, 0.25) is 5.91 Å². The average Bonchev–Trinajstić information content (AvgIpc) is 2.97. The number of carbonyl (C=O) groups is 2. The van der Waals surface area contributed by atoms with Crippen molar-refractivity contribution in [2.45, 2.75) is 12.5 Å². The van der Waals surface area contributed by atoms with Gasteiger partial charge in [0.25, 0.3) is 0 Å². The molecule has 1 atom stereocenters. The van der Waals surface area contributed by atoms with Gasteiger partial charge in [0.1, 0.15) is 0 Å². The lowest BCUT2D eigenvalue weighted by molar-refractivity contribution is -0.139. The van der Waals surface area contributed by atoms with E-state index < -0.39 is 27.8 Å². The van der Waals surface area contributed by atoms with Crippen LogP contribution < -0.4 is 5.32 Å². The van der Waals surface area contributed by atoms with E-state index in [1.165, 1.54) is 16.2 Å². The molecule has 1 saturated heterocycles. The maximum atomic E-state index is 11.9. The van der Waals surface area contributed by atoms with Gasteiger partial charge < -0.3 is 10.4 Å². The van der Waals surface area contributed by atoms with Crippen molar-refractivity contribution < 1.29 is 23.1 Å². The number of hydrogen-bond donors (Lipinski definition) is 2. The molecule has 0 saturated carbocycles. The van der Waals surface area contributed by atoms with Crippen molar-refractivity contribution in [3.8, 4) is 0 Å². The maximum Gasteiger partial charge on any atom is 0.317 e. The van der Waals surface area contributed by atoms with Crippen molar-refractivity contribution in [3.63, 3.8) is 0 Å². The third-order valence-corrected chi connectivity index (χ3v) is 5.53. The third-order valence-electron chi connectivity index (χ3n) is 3.09. The summed E-state index contributed by atoms with van der Waals surface area (Å²) in [6, 6.07) is -0.437. The standard InChI is InChI=1S/C11H15N3O5S2/c15-9(13-11-12-2-3-20-11)5-14(6-10(16)17)8-1-4-21(18,19)7-8/h2-3,8H,1,4-7H2,(H,16,17)(H,12,13,15). The third kappa shape index (κ3) is 4.76. The number of carboxylic acids is 1. The molecular formula is C11H15N3O5S2. The van der Waals surface area contributed by atoms with Crippen molar-refractivity contribution in [1.29, 1.82) is 0 Å². The highest BCUT2D eigenvalue weighted by atomic mass is 32.2. The number of nitrogens with zero attached hydrogens (tertiary/aromatic N) is 2. The van der Waals surface area contributed by atoms with Crippen LogP contribution in [0.1, 0.15) is 6.42 Å². The molecule has 1 aliphatic heterocycles. The van der Waals surface area contributed by atoms with Crippen LogP contribution in [0.4, 0.5) is 5.13 Å². The molecule has 21 heavy (non-hydrogen) atoms. The Balaban J connectivity index is 1.99. The molecule has 10 heteroatoms. The number of hydrogen-bond acceptors (Lipinski definition) is 7. The minimum absolute atomic E-state index is 0.0296. The number of rotatable bonds is 6. The molecule has 1 unspecified atom stereocenters. The Labute approximate surface area is 125 Å². The number of aromatic nitrogens is 1. The summed E-state index contributed by atoms with van der Waals surface area (Å²) in [5.41, 5.74) is 0. The second-order valence-corrected chi connectivity index (χ2v) is 7.86. The highest BCUT2D eigenvalue weighted by Gasteiger charge is 2.34. The largest absolute Gasteiger partial charge is 0.480 e. The molecule has 0 radical (unpaired) electrons. The van der Waals surface area contributed by atoms with E-state index in [0.29, 0.717) is 11.6 Å². The highest BCUT2D eigenvalue weighted by Crippen LogP contribution is 2.18. The highest BCUT2D eigenvalue weighted by molar-refractivity contribution is 7.91. The van der Waals surface area contributed by atoms with Crippen LogP contribution in [0, 0.1) is 0 Å². The van der Waals surface area contributed by atoms with E-state index in [9.17, 15) is 18.0 Å². The number of anilines is 1. The second kappa shape index (κ2) is 6.50. The smallest absolute Gasteiger partial charge is 0.317 e. The van der Waals surface area contributed by atoms with Gasteiger partial charge in [-0.15, -0.1) is 11.3 Å². The summed E-state index contributed by atoms with van der Waals surface area (Å²) in [7, 11) is -3.14. The van der Waals surface area contributed by atoms with Crippen LogP contribution in [0.3, 0.4) is 0 Å². The zero-order chi connectivity index (χ0) is 15.5. The van der Waals surface area contributed by atoms with Crippen LogP contribution in [-0.4, -0.2) is 65.9 Å². The predicted octanol–water partition coefficient (Wildman–Crippen LogP) is -0.345. The maximum absolute atomic E-state index is 11.9. The Morgan fingerprint density at radius 3 is 2.76 bits per heavy atom. The minimum Gasteiger partial charge on any atom is -0.480 e. The second-order valence-electron chi connectivity index (χ2n) is 4.74. The van der Waals surface area contributed by atoms with Gasteiger partial charge in [-0.25, -0.2) is 13.4 Å². The van der Waals surface area contributed by atoms with Gasteiger partial charge in [0, 0.05) is 17.6 Å². The van der Waals surface area contributed by atoms with Gasteiger partial charge in [-0.05, 0) is 6.42 Å². The molecule has 2 heterocycles. The van der Waals surface area contributed by atoms with E-state index in [-0.39, 0.29) is 24.6 Å². The molecule has 1 fully saturated rings. The number of sulfone groups is 1. The number of carboxylic acid groups (broad SMARTS) is 1. The van der Waals surface area contributed by atoms with Crippen molar-refractivity contribution in [2.24, 2.45) is 0 Å². The molecule has 1 amide bonds. The van der Waals surface area contributed by atoms with E-state index in [2.05, 4.69) is 10.3 Å². The molecule has 0 bridgehead atoms. The lowest BCUT2D eigenvalue weighted by Gasteiger charge is -2.25. The Morgan fingerprint density at radius 1 is 1.48 bits per heavy atom. The Morgan fingerprint density at radius 2 is 2.24 bits per heavy atom. The number of thiazole rings is 1. The van der Waals surface area contributed by atoms with Crippen molar-refractivity contribution in [2.75, 3.05) is 29.9 Å². The van der Waals surface area contributed by atoms with Gasteiger partial charge in [-0.2, -0.15) is 0 Å². The van der Waals surface area contributed by atoms with E-state index in [1.54, 1.807) is 11.6 Å². The van der Waals surface area contributed by atoms with Crippen LogP contribution in [-0.2, 0) is 19.4 Å². The van der Waals surface area contributed by atoms with Gasteiger partial charge in [-0.3, -0.25) is 14.5 Å². The van der Waals surface area contributed by atoms with Gasteiger partial charge >= 0.3 is 5.97 Å². The summed E-state index contributed by atoms with van der Waals surface area (Å²) < 4.78 is 23.0. The number of amides is 1. The van der Waals surface area contributed by atoms with Gasteiger partial charge in [-0.1, -0.05) is 0 Å². The first-order chi connectivity index (χ1) is 9.85. The molecule has 8 nitrogen and oxygen atoms in total. The van der Waals surface area contributed by atoms with E-state index in [1.807, 2.05) is 0 Å². The Hall–Kier alpha value is -1.52. The molecule has 1 aromatic heterocycles. The number of carbonyl (C=O) groups excluding carboxylic acids is 1. The van der Waals surface area contributed by atoms with Crippen LogP contribution in [0.15, 0.2) is 11.6 Å². The van der Waals surface area contributed by atoms with Crippen molar-refractivity contribution in [1.82, 2.24) is 9.88 Å². The molecule has 0 spiro atoms. The normalized spacial score (nSPS) is 20.5. The number of aliphatic carboxylic acids is 1. The minimum atomic E-state index is -3.14. The lowest BCUT2D eigenvalue weighted by atomic mass is 10.2. The first-order valence-electron chi connectivity index (χ1n) is 6.21. The Bertz CT molecular complexity index is 614. The molecule has 1 aliphatic rings. The molecule has 0 aliphatic carbocycles. The summed E-state index contributed by atoms with van der Waals surface area (Å²) in [4.78, 5) is 28.1. The van der Waals surface area contributed by atoms with Crippen LogP contribution in [0.5, 0.6) is 0 Å². The molecular weight excluding hydrogens is 318 g/mol. The fourth-order valence-corrected chi connectivity index (χ4v) is 4.49. The monoisotopic (exact) mass is 333 g/mol. The van der Waals surface area contributed by atoms with E-state index in [0.717, 1.165) is 0 Å². The summed E-state index contributed by atoms with van der Waals surface area (Å²) in [6.07, 6.45) is 1.89. The topological polar surface area (TPSA) is 117 Å². The molecule has 1 aromatic rings. The quantitative estimate of drug-likeness (QED) is 0.731. The van der Waals surface area contributed by atoms with Crippen molar-refractivity contribution >= 4 is 38.2 Å². The summed E-state index contributed by atoms with van der Waals surface area (Å²) >= 11 is 1.25. The zero-order valence-electron chi connectivity index (χ0n) is 11.1. The molecule has 2 rings (SSSR count). The first kappa shape index (κ1) is 15.9. The van der Waals surface area contributed by atoms with E-state index in [4.69, 9.17) is 5.11 Å². The average molecular weight is 333 g/mol. The first-order valence-corrected chi connectivity index (χ1v) is 8.91. The zero-order valence-corrected chi connectivity index (χ0v) is 12.7. The molecule has 116 valence electrons. The summed E-state index contributed by atoms with van der Waals surface area (Å²) in [5, 5.41) is 13.6. The summed E-state index contributed by atoms with van der Waals surface area (Å²) in [5.74, 6) is -1.58.